The monoisotopic (exact) mass is 295 g/mol. The Kier molecular flexibility index (Phi) is 3.95. The first-order valence-electron chi connectivity index (χ1n) is 7.08. The number of hydrogen-bond acceptors (Lipinski definition) is 5. The number of thiazole rings is 1. The number of piperazine rings is 1. The van der Waals surface area contributed by atoms with Crippen molar-refractivity contribution in [2.24, 2.45) is 0 Å². The summed E-state index contributed by atoms with van der Waals surface area (Å²) in [5, 5.41) is 0.984. The summed E-state index contributed by atoms with van der Waals surface area (Å²) in [6.07, 6.45) is 0.947. The van der Waals surface area contributed by atoms with E-state index in [2.05, 4.69) is 51.5 Å². The van der Waals surface area contributed by atoms with Crippen molar-refractivity contribution >= 4 is 22.8 Å². The number of likely N-dealkylation sites (N-methyl/N-ethyl adjacent to an activating group) is 1. The van der Waals surface area contributed by atoms with E-state index >= 15 is 0 Å². The van der Waals surface area contributed by atoms with Crippen LogP contribution in [0.3, 0.4) is 0 Å². The smallest absolute Gasteiger partial charge is 0.186 e. The van der Waals surface area contributed by atoms with Crippen LogP contribution in [-0.2, 0) is 5.41 Å². The van der Waals surface area contributed by atoms with Gasteiger partial charge >= 0.3 is 0 Å². The van der Waals surface area contributed by atoms with Crippen molar-refractivity contribution in [2.75, 3.05) is 31.6 Å². The van der Waals surface area contributed by atoms with E-state index in [9.17, 15) is 4.79 Å². The van der Waals surface area contributed by atoms with E-state index in [0.29, 0.717) is 0 Å². The van der Waals surface area contributed by atoms with Gasteiger partial charge in [-0.25, -0.2) is 4.98 Å². The van der Waals surface area contributed by atoms with Gasteiger partial charge in [-0.05, 0) is 20.9 Å². The molecule has 2 rings (SSSR count). The molecule has 0 aromatic carbocycles. The van der Waals surface area contributed by atoms with Crippen LogP contribution in [0, 0.1) is 0 Å². The molecule has 1 aromatic rings. The van der Waals surface area contributed by atoms with Gasteiger partial charge < -0.3 is 4.90 Å². The highest BCUT2D eigenvalue weighted by Gasteiger charge is 2.33. The van der Waals surface area contributed by atoms with Crippen molar-refractivity contribution < 1.29 is 4.79 Å². The second kappa shape index (κ2) is 5.11. The molecule has 0 spiro atoms. The summed E-state index contributed by atoms with van der Waals surface area (Å²) in [4.78, 5) is 21.5. The number of aldehydes is 1. The molecule has 0 radical (unpaired) electrons. The van der Waals surface area contributed by atoms with Crippen molar-refractivity contribution in [3.05, 3.63) is 10.6 Å². The van der Waals surface area contributed by atoms with Gasteiger partial charge in [-0.3, -0.25) is 9.69 Å². The zero-order chi connectivity index (χ0) is 15.1. The highest BCUT2D eigenvalue weighted by Crippen LogP contribution is 2.34. The van der Waals surface area contributed by atoms with Crippen LogP contribution in [0.25, 0.3) is 0 Å². The fourth-order valence-electron chi connectivity index (χ4n) is 2.48. The van der Waals surface area contributed by atoms with Crippen LogP contribution >= 0.6 is 11.3 Å². The lowest BCUT2D eigenvalue weighted by Gasteiger charge is -2.45. The van der Waals surface area contributed by atoms with Gasteiger partial charge in [0.05, 0.1) is 10.6 Å². The summed E-state index contributed by atoms with van der Waals surface area (Å²) in [5.74, 6) is 0. The maximum Gasteiger partial charge on any atom is 0.186 e. The Hall–Kier alpha value is -0.940. The summed E-state index contributed by atoms with van der Waals surface area (Å²) >= 11 is 1.52. The summed E-state index contributed by atoms with van der Waals surface area (Å²) < 4.78 is 0. The fraction of sp³-hybridized carbons (Fsp3) is 0.733. The van der Waals surface area contributed by atoms with Gasteiger partial charge in [-0.15, -0.1) is 0 Å². The largest absolute Gasteiger partial charge is 0.345 e. The van der Waals surface area contributed by atoms with Crippen LogP contribution in [0.15, 0.2) is 0 Å². The Bertz CT molecular complexity index is 502. The molecule has 1 saturated heterocycles. The molecule has 112 valence electrons. The standard InChI is InChI=1S/C15H25N3OS/c1-14(2,3)12-11(9-19)20-13(16-12)18-8-7-17(6)15(4,5)10-18/h9H,7-8,10H2,1-6H3. The second-order valence-electron chi connectivity index (χ2n) is 7.23. The maximum absolute atomic E-state index is 11.3. The molecule has 0 amide bonds. The quantitative estimate of drug-likeness (QED) is 0.786. The van der Waals surface area contributed by atoms with Crippen LogP contribution in [0.2, 0.25) is 0 Å². The highest BCUT2D eigenvalue weighted by atomic mass is 32.1. The van der Waals surface area contributed by atoms with Crippen molar-refractivity contribution in [3.8, 4) is 0 Å². The topological polar surface area (TPSA) is 36.4 Å². The third-order valence-electron chi connectivity index (χ3n) is 4.05. The minimum absolute atomic E-state index is 0.0902. The lowest BCUT2D eigenvalue weighted by atomic mass is 9.91. The molecule has 0 unspecified atom stereocenters. The summed E-state index contributed by atoms with van der Waals surface area (Å²) in [7, 11) is 2.16. The summed E-state index contributed by atoms with van der Waals surface area (Å²) in [5.41, 5.74) is 0.962. The molecule has 0 bridgehead atoms. The minimum Gasteiger partial charge on any atom is -0.345 e. The van der Waals surface area contributed by atoms with Crippen LogP contribution in [0.1, 0.15) is 50.0 Å². The fourth-order valence-corrected chi connectivity index (χ4v) is 3.59. The molecule has 0 aliphatic carbocycles. The molecule has 5 heteroatoms. The molecule has 1 aliphatic rings. The predicted octanol–water partition coefficient (Wildman–Crippen LogP) is 2.78. The maximum atomic E-state index is 11.3. The molecule has 1 aromatic heterocycles. The third kappa shape index (κ3) is 2.88. The van der Waals surface area contributed by atoms with E-state index in [-0.39, 0.29) is 11.0 Å². The van der Waals surface area contributed by atoms with Crippen molar-refractivity contribution in [3.63, 3.8) is 0 Å². The first-order valence-corrected chi connectivity index (χ1v) is 7.89. The highest BCUT2D eigenvalue weighted by molar-refractivity contribution is 7.17. The van der Waals surface area contributed by atoms with E-state index in [1.807, 2.05) is 0 Å². The molecule has 0 N–H and O–H groups in total. The molecule has 0 saturated carbocycles. The predicted molar refractivity (Wildman–Crippen MR) is 85.1 cm³/mol. The number of hydrogen-bond donors (Lipinski definition) is 0. The minimum atomic E-state index is -0.0902. The number of anilines is 1. The Morgan fingerprint density at radius 2 is 1.95 bits per heavy atom. The van der Waals surface area contributed by atoms with Crippen molar-refractivity contribution in [1.82, 2.24) is 9.88 Å². The molecule has 0 atom stereocenters. The van der Waals surface area contributed by atoms with Gasteiger partial charge in [-0.2, -0.15) is 0 Å². The van der Waals surface area contributed by atoms with E-state index in [1.165, 1.54) is 11.3 Å². The molecular formula is C15H25N3OS. The average molecular weight is 295 g/mol. The van der Waals surface area contributed by atoms with Crippen LogP contribution in [-0.4, -0.2) is 48.4 Å². The summed E-state index contributed by atoms with van der Waals surface area (Å²) in [6, 6.07) is 0. The molecule has 1 aliphatic heterocycles. The van der Waals surface area contributed by atoms with Gasteiger partial charge in [-0.1, -0.05) is 32.1 Å². The van der Waals surface area contributed by atoms with Crippen LogP contribution in [0.4, 0.5) is 5.13 Å². The Balaban J connectivity index is 2.31. The van der Waals surface area contributed by atoms with E-state index in [0.717, 1.165) is 41.6 Å². The Labute approximate surface area is 125 Å². The Morgan fingerprint density at radius 3 is 2.40 bits per heavy atom. The van der Waals surface area contributed by atoms with E-state index in [4.69, 9.17) is 4.98 Å². The third-order valence-corrected chi connectivity index (χ3v) is 5.09. The normalized spacial score (nSPS) is 20.2. The van der Waals surface area contributed by atoms with Crippen LogP contribution < -0.4 is 4.90 Å². The summed E-state index contributed by atoms with van der Waals surface area (Å²) in [6.45, 7) is 13.7. The Morgan fingerprint density at radius 1 is 1.30 bits per heavy atom. The van der Waals surface area contributed by atoms with Crippen LogP contribution in [0.5, 0.6) is 0 Å². The zero-order valence-corrected chi connectivity index (χ0v) is 14.2. The molecular weight excluding hydrogens is 270 g/mol. The molecule has 4 nitrogen and oxygen atoms in total. The number of carbonyl (C=O) groups is 1. The zero-order valence-electron chi connectivity index (χ0n) is 13.4. The first-order chi connectivity index (χ1) is 9.15. The van der Waals surface area contributed by atoms with Gasteiger partial charge in [0.2, 0.25) is 0 Å². The molecule has 1 fully saturated rings. The second-order valence-corrected chi connectivity index (χ2v) is 8.24. The number of aromatic nitrogens is 1. The SMILES string of the molecule is CN1CCN(c2nc(C(C)(C)C)c(C=O)s2)CC1(C)C. The lowest BCUT2D eigenvalue weighted by molar-refractivity contribution is 0.112. The number of carbonyl (C=O) groups excluding carboxylic acids is 1. The first kappa shape index (κ1) is 15.4. The van der Waals surface area contributed by atoms with Crippen molar-refractivity contribution in [1.29, 1.82) is 0 Å². The van der Waals surface area contributed by atoms with Gasteiger partial charge in [0.15, 0.2) is 11.4 Å². The van der Waals surface area contributed by atoms with E-state index < -0.39 is 0 Å². The average Bonchev–Trinajstić information content (AvgIpc) is 2.76. The van der Waals surface area contributed by atoms with Crippen molar-refractivity contribution in [2.45, 2.75) is 45.6 Å². The van der Waals surface area contributed by atoms with Gasteiger partial charge in [0.1, 0.15) is 0 Å². The number of rotatable bonds is 2. The van der Waals surface area contributed by atoms with Gasteiger partial charge in [0, 0.05) is 30.6 Å². The number of nitrogens with zero attached hydrogens (tertiary/aromatic N) is 3. The lowest BCUT2D eigenvalue weighted by Crippen LogP contribution is -2.57. The van der Waals surface area contributed by atoms with E-state index in [1.54, 1.807) is 0 Å². The molecule has 20 heavy (non-hydrogen) atoms. The molecule has 2 heterocycles. The van der Waals surface area contributed by atoms with Gasteiger partial charge in [0.25, 0.3) is 0 Å².